The third kappa shape index (κ3) is 6.56. The van der Waals surface area contributed by atoms with Crippen molar-refractivity contribution >= 4 is 17.4 Å². The van der Waals surface area contributed by atoms with Gasteiger partial charge in [-0.1, -0.05) is 54.6 Å². The minimum atomic E-state index is -0.743. The molecule has 1 atom stereocenters. The largest absolute Gasteiger partial charge is 0.507 e. The Morgan fingerprint density at radius 2 is 1.69 bits per heavy atom. The summed E-state index contributed by atoms with van der Waals surface area (Å²) >= 11 is 0. The fourth-order valence-corrected chi connectivity index (χ4v) is 4.57. The lowest BCUT2D eigenvalue weighted by Crippen LogP contribution is -2.31. The Labute approximate surface area is 228 Å². The first-order chi connectivity index (χ1) is 18.9. The SMILES string of the molecule is C=CCOc1ccc(C2/C(=C(/O)c3ccc(OCc4cccc(C)c4)cc3)C(=O)C(=O)N2CCCOC)cc1. The Balaban J connectivity index is 1.62. The number of ketones is 1. The Bertz CT molecular complexity index is 1340. The second-order valence-electron chi connectivity index (χ2n) is 9.31. The lowest BCUT2D eigenvalue weighted by Gasteiger charge is -2.25. The average Bonchev–Trinajstić information content (AvgIpc) is 3.20. The number of ether oxygens (including phenoxy) is 3. The lowest BCUT2D eigenvalue weighted by atomic mass is 9.95. The van der Waals surface area contributed by atoms with Gasteiger partial charge in [0.25, 0.3) is 11.7 Å². The molecule has 0 bridgehead atoms. The molecule has 0 aliphatic carbocycles. The maximum Gasteiger partial charge on any atom is 0.295 e. The maximum atomic E-state index is 13.2. The Morgan fingerprint density at radius 1 is 1.00 bits per heavy atom. The first-order valence-electron chi connectivity index (χ1n) is 12.8. The van der Waals surface area contributed by atoms with Gasteiger partial charge in [0.15, 0.2) is 0 Å². The molecule has 1 fully saturated rings. The van der Waals surface area contributed by atoms with E-state index in [1.54, 1.807) is 61.7 Å². The summed E-state index contributed by atoms with van der Waals surface area (Å²) in [5.74, 6) is -0.342. The van der Waals surface area contributed by atoms with Gasteiger partial charge in [-0.2, -0.15) is 0 Å². The second kappa shape index (κ2) is 12.9. The third-order valence-corrected chi connectivity index (χ3v) is 6.47. The molecule has 3 aromatic carbocycles. The van der Waals surface area contributed by atoms with Gasteiger partial charge in [-0.05, 0) is 60.9 Å². The van der Waals surface area contributed by atoms with Crippen LogP contribution in [0.25, 0.3) is 5.76 Å². The van der Waals surface area contributed by atoms with Gasteiger partial charge >= 0.3 is 0 Å². The van der Waals surface area contributed by atoms with Crippen LogP contribution in [0.15, 0.2) is 91.0 Å². The number of Topliss-reactive ketones (excluding diaryl/α,β-unsaturated/α-hetero) is 1. The van der Waals surface area contributed by atoms with Gasteiger partial charge in [0.2, 0.25) is 0 Å². The van der Waals surface area contributed by atoms with E-state index in [-0.39, 0.29) is 11.3 Å². The van der Waals surface area contributed by atoms with Gasteiger partial charge in [-0.3, -0.25) is 9.59 Å². The standard InChI is InChI=1S/C32H33NO6/c1-4-18-38-26-13-9-24(10-14-26)29-28(31(35)32(36)33(29)17-6-19-37-3)30(34)25-11-15-27(16-12-25)39-21-23-8-5-7-22(2)20-23/h4-5,7-16,20,29,34H,1,6,17-19,21H2,2-3H3/b30-28-. The van der Waals surface area contributed by atoms with Crippen LogP contribution >= 0.6 is 0 Å². The van der Waals surface area contributed by atoms with Crippen molar-refractivity contribution in [3.8, 4) is 11.5 Å². The summed E-state index contributed by atoms with van der Waals surface area (Å²) in [4.78, 5) is 27.8. The smallest absolute Gasteiger partial charge is 0.295 e. The van der Waals surface area contributed by atoms with E-state index < -0.39 is 17.7 Å². The van der Waals surface area contributed by atoms with E-state index in [0.717, 1.165) is 11.1 Å². The van der Waals surface area contributed by atoms with Crippen LogP contribution in [0.1, 0.15) is 34.7 Å². The normalized spacial score (nSPS) is 16.4. The van der Waals surface area contributed by atoms with Crippen LogP contribution in [0.3, 0.4) is 0 Å². The Kier molecular flexibility index (Phi) is 9.18. The molecule has 0 spiro atoms. The molecule has 3 aromatic rings. The van der Waals surface area contributed by atoms with E-state index in [0.29, 0.717) is 55.4 Å². The summed E-state index contributed by atoms with van der Waals surface area (Å²) in [6, 6.07) is 21.3. The number of rotatable bonds is 12. The predicted molar refractivity (Wildman–Crippen MR) is 150 cm³/mol. The van der Waals surface area contributed by atoms with Crippen molar-refractivity contribution in [3.05, 3.63) is 113 Å². The van der Waals surface area contributed by atoms with E-state index in [1.807, 2.05) is 25.1 Å². The van der Waals surface area contributed by atoms with Crippen molar-refractivity contribution in [1.82, 2.24) is 4.90 Å². The molecular formula is C32H33NO6. The number of likely N-dealkylation sites (tertiary alicyclic amines) is 1. The zero-order valence-corrected chi connectivity index (χ0v) is 22.3. The number of carbonyl (C=O) groups is 2. The Hall–Kier alpha value is -4.36. The van der Waals surface area contributed by atoms with Gasteiger partial charge in [0.05, 0.1) is 11.6 Å². The first-order valence-corrected chi connectivity index (χ1v) is 12.8. The van der Waals surface area contributed by atoms with Crippen molar-refractivity contribution in [3.63, 3.8) is 0 Å². The number of benzene rings is 3. The highest BCUT2D eigenvalue weighted by Gasteiger charge is 2.45. The molecule has 202 valence electrons. The van der Waals surface area contributed by atoms with Gasteiger partial charge < -0.3 is 24.2 Å². The molecule has 7 nitrogen and oxygen atoms in total. The highest BCUT2D eigenvalue weighted by atomic mass is 16.5. The lowest BCUT2D eigenvalue weighted by molar-refractivity contribution is -0.140. The van der Waals surface area contributed by atoms with E-state index in [1.165, 1.54) is 4.90 Å². The van der Waals surface area contributed by atoms with Crippen LogP contribution in [0.5, 0.6) is 11.5 Å². The second-order valence-corrected chi connectivity index (χ2v) is 9.31. The van der Waals surface area contributed by atoms with Crippen LogP contribution in [-0.2, 0) is 20.9 Å². The first kappa shape index (κ1) is 27.7. The van der Waals surface area contributed by atoms with Crippen LogP contribution in [-0.4, -0.2) is 48.6 Å². The predicted octanol–water partition coefficient (Wildman–Crippen LogP) is 5.60. The summed E-state index contributed by atoms with van der Waals surface area (Å²) in [5.41, 5.74) is 3.37. The minimum Gasteiger partial charge on any atom is -0.507 e. The van der Waals surface area contributed by atoms with Crippen molar-refractivity contribution < 1.29 is 28.9 Å². The monoisotopic (exact) mass is 527 g/mol. The number of aryl methyl sites for hydroxylation is 1. The van der Waals surface area contributed by atoms with Crippen LogP contribution in [0.2, 0.25) is 0 Å². The van der Waals surface area contributed by atoms with Crippen LogP contribution in [0, 0.1) is 6.92 Å². The topological polar surface area (TPSA) is 85.3 Å². The van der Waals surface area contributed by atoms with E-state index in [4.69, 9.17) is 14.2 Å². The molecule has 39 heavy (non-hydrogen) atoms. The molecule has 0 aromatic heterocycles. The maximum absolute atomic E-state index is 13.2. The summed E-state index contributed by atoms with van der Waals surface area (Å²) in [5, 5.41) is 11.3. The summed E-state index contributed by atoms with van der Waals surface area (Å²) in [7, 11) is 1.59. The molecule has 7 heteroatoms. The van der Waals surface area contributed by atoms with Crippen molar-refractivity contribution in [1.29, 1.82) is 0 Å². The number of aliphatic hydroxyl groups is 1. The van der Waals surface area contributed by atoms with E-state index in [9.17, 15) is 14.7 Å². The third-order valence-electron chi connectivity index (χ3n) is 6.47. The zero-order chi connectivity index (χ0) is 27.8. The molecular weight excluding hydrogens is 494 g/mol. The van der Waals surface area contributed by atoms with Gasteiger partial charge in [0.1, 0.15) is 30.5 Å². The van der Waals surface area contributed by atoms with E-state index in [2.05, 4.69) is 12.6 Å². The molecule has 1 aliphatic heterocycles. The van der Waals surface area contributed by atoms with Gasteiger partial charge in [-0.25, -0.2) is 0 Å². The molecule has 1 unspecified atom stereocenters. The fraction of sp³-hybridized carbons (Fsp3) is 0.250. The summed E-state index contributed by atoms with van der Waals surface area (Å²) in [6.45, 7) is 7.19. The molecule has 0 saturated carbocycles. The number of carbonyl (C=O) groups excluding carboxylic acids is 2. The number of aliphatic hydroxyl groups excluding tert-OH is 1. The van der Waals surface area contributed by atoms with Crippen LogP contribution in [0.4, 0.5) is 0 Å². The molecule has 1 heterocycles. The number of nitrogens with zero attached hydrogens (tertiary/aromatic N) is 1. The molecule has 1 amide bonds. The number of methoxy groups -OCH3 is 1. The fourth-order valence-electron chi connectivity index (χ4n) is 4.57. The van der Waals surface area contributed by atoms with Crippen molar-refractivity contribution in [2.45, 2.75) is 26.0 Å². The van der Waals surface area contributed by atoms with E-state index >= 15 is 0 Å². The summed E-state index contributed by atoms with van der Waals surface area (Å²) < 4.78 is 16.6. The molecule has 1 aliphatic rings. The number of amides is 1. The molecule has 1 N–H and O–H groups in total. The van der Waals surface area contributed by atoms with Crippen molar-refractivity contribution in [2.24, 2.45) is 0 Å². The minimum absolute atomic E-state index is 0.0469. The summed E-state index contributed by atoms with van der Waals surface area (Å²) in [6.07, 6.45) is 2.20. The Morgan fingerprint density at radius 3 is 2.36 bits per heavy atom. The average molecular weight is 528 g/mol. The van der Waals surface area contributed by atoms with Crippen molar-refractivity contribution in [2.75, 3.05) is 26.9 Å². The molecule has 0 radical (unpaired) electrons. The number of hydrogen-bond acceptors (Lipinski definition) is 6. The number of hydrogen-bond donors (Lipinski definition) is 1. The van der Waals surface area contributed by atoms with Gasteiger partial charge in [0, 0.05) is 25.8 Å². The van der Waals surface area contributed by atoms with Gasteiger partial charge in [-0.15, -0.1) is 0 Å². The highest BCUT2D eigenvalue weighted by molar-refractivity contribution is 6.46. The highest BCUT2D eigenvalue weighted by Crippen LogP contribution is 2.40. The van der Waals surface area contributed by atoms with Crippen LogP contribution < -0.4 is 9.47 Å². The molecule has 4 rings (SSSR count). The quantitative estimate of drug-likeness (QED) is 0.109. The zero-order valence-electron chi connectivity index (χ0n) is 22.3. The molecule has 1 saturated heterocycles.